The predicted molar refractivity (Wildman–Crippen MR) is 122 cm³/mol. The second-order valence-corrected chi connectivity index (χ2v) is 9.07. The molecule has 144 valence electrons. The Bertz CT molecular complexity index is 937. The van der Waals surface area contributed by atoms with Gasteiger partial charge in [0.15, 0.2) is 0 Å². The normalized spacial score (nSPS) is 15.7. The minimum absolute atomic E-state index is 0.682. The molecule has 3 aromatic carbocycles. The summed E-state index contributed by atoms with van der Waals surface area (Å²) in [7, 11) is 0. The van der Waals surface area contributed by atoms with Gasteiger partial charge in [0.1, 0.15) is 0 Å². The number of hydrogen-bond donors (Lipinski definition) is 0. The molecule has 1 saturated heterocycles. The summed E-state index contributed by atoms with van der Waals surface area (Å²) in [4.78, 5) is 1.39. The highest BCUT2D eigenvalue weighted by molar-refractivity contribution is 7.97. The van der Waals surface area contributed by atoms with E-state index < -0.39 is 0 Å². The Kier molecular flexibility index (Phi) is 5.89. The van der Waals surface area contributed by atoms with Gasteiger partial charge in [-0.3, -0.25) is 0 Å². The van der Waals surface area contributed by atoms with Crippen molar-refractivity contribution in [2.75, 3.05) is 13.1 Å². The summed E-state index contributed by atoms with van der Waals surface area (Å²) in [5.41, 5.74) is 8.30. The van der Waals surface area contributed by atoms with Crippen LogP contribution in [0.1, 0.15) is 41.0 Å². The molecule has 1 heterocycles. The molecule has 4 rings (SSSR count). The minimum atomic E-state index is 0.682. The van der Waals surface area contributed by atoms with Crippen molar-refractivity contribution in [2.24, 2.45) is 0 Å². The Labute approximate surface area is 173 Å². The van der Waals surface area contributed by atoms with Crippen molar-refractivity contribution >= 4 is 11.9 Å². The fraction of sp³-hybridized carbons (Fsp3) is 0.308. The van der Waals surface area contributed by atoms with Gasteiger partial charge in [-0.2, -0.15) is 0 Å². The predicted octanol–water partition coefficient (Wildman–Crippen LogP) is 7.17. The summed E-state index contributed by atoms with van der Waals surface area (Å²) >= 11 is 1.92. The molecular weight excluding hydrogens is 358 g/mol. The van der Waals surface area contributed by atoms with Crippen LogP contribution in [0, 0.1) is 20.8 Å². The van der Waals surface area contributed by atoms with Gasteiger partial charge in [-0.05, 0) is 90.9 Å². The van der Waals surface area contributed by atoms with Crippen LogP contribution < -0.4 is 0 Å². The maximum atomic E-state index is 2.53. The molecular formula is C26H29NS. The number of piperidine rings is 1. The van der Waals surface area contributed by atoms with E-state index in [9.17, 15) is 0 Å². The molecule has 0 saturated carbocycles. The van der Waals surface area contributed by atoms with Gasteiger partial charge < -0.3 is 0 Å². The lowest BCUT2D eigenvalue weighted by Crippen LogP contribution is -2.27. The Hall–Kier alpha value is -2.03. The van der Waals surface area contributed by atoms with Crippen LogP contribution in [0.15, 0.2) is 71.6 Å². The van der Waals surface area contributed by atoms with Crippen LogP contribution in [0.25, 0.3) is 11.1 Å². The number of hydrogen-bond acceptors (Lipinski definition) is 2. The zero-order valence-electron chi connectivity index (χ0n) is 17.1. The Morgan fingerprint density at radius 2 is 1.43 bits per heavy atom. The molecule has 0 spiro atoms. The van der Waals surface area contributed by atoms with Gasteiger partial charge in [0, 0.05) is 18.0 Å². The second-order valence-electron chi connectivity index (χ2n) is 7.93. The first kappa shape index (κ1) is 19.3. The summed E-state index contributed by atoms with van der Waals surface area (Å²) in [5.74, 6) is 0.682. The van der Waals surface area contributed by atoms with Gasteiger partial charge in [0.2, 0.25) is 0 Å². The first-order chi connectivity index (χ1) is 13.6. The van der Waals surface area contributed by atoms with Gasteiger partial charge in [-0.15, -0.1) is 0 Å². The number of rotatable bonds is 4. The Morgan fingerprint density at radius 3 is 2.14 bits per heavy atom. The highest BCUT2D eigenvalue weighted by Crippen LogP contribution is 2.35. The third kappa shape index (κ3) is 4.19. The van der Waals surface area contributed by atoms with E-state index in [-0.39, 0.29) is 0 Å². The maximum Gasteiger partial charge on any atom is 0.0259 e. The van der Waals surface area contributed by atoms with Crippen LogP contribution in [0.3, 0.4) is 0 Å². The van der Waals surface area contributed by atoms with E-state index in [0.29, 0.717) is 5.92 Å². The summed E-state index contributed by atoms with van der Waals surface area (Å²) in [6, 6.07) is 24.6. The number of benzene rings is 3. The zero-order valence-corrected chi connectivity index (χ0v) is 17.9. The molecule has 0 N–H and O–H groups in total. The van der Waals surface area contributed by atoms with Crippen molar-refractivity contribution in [2.45, 2.75) is 44.4 Å². The Morgan fingerprint density at radius 1 is 0.750 bits per heavy atom. The molecule has 1 aliphatic rings. The first-order valence-electron chi connectivity index (χ1n) is 10.3. The van der Waals surface area contributed by atoms with Crippen LogP contribution in [-0.4, -0.2) is 17.4 Å². The van der Waals surface area contributed by atoms with Gasteiger partial charge >= 0.3 is 0 Å². The first-order valence-corrected chi connectivity index (χ1v) is 11.0. The largest absolute Gasteiger partial charge is 0.246 e. The highest BCUT2D eigenvalue weighted by atomic mass is 32.2. The molecule has 0 aromatic heterocycles. The molecule has 1 aliphatic heterocycles. The lowest BCUT2D eigenvalue weighted by atomic mass is 9.88. The number of nitrogens with zero attached hydrogens (tertiary/aromatic N) is 1. The van der Waals surface area contributed by atoms with Crippen LogP contribution >= 0.6 is 11.9 Å². The van der Waals surface area contributed by atoms with E-state index in [4.69, 9.17) is 0 Å². The van der Waals surface area contributed by atoms with E-state index >= 15 is 0 Å². The SMILES string of the molecule is Cc1ccccc1SN1CCC(c2ccc(-c3cccc(C)c3C)cc2)CC1. The van der Waals surface area contributed by atoms with E-state index in [1.54, 1.807) is 0 Å². The van der Waals surface area contributed by atoms with E-state index in [1.165, 1.54) is 51.1 Å². The standard InChI is InChI=1S/C26H29NS/c1-19-8-6-9-25(21(19)3)24-13-11-22(12-14-24)23-15-17-27(18-16-23)28-26-10-5-4-7-20(26)2/h4-14,23H,15-18H2,1-3H3. The molecule has 0 amide bonds. The van der Waals surface area contributed by atoms with E-state index in [1.807, 2.05) is 11.9 Å². The highest BCUT2D eigenvalue weighted by Gasteiger charge is 2.21. The summed E-state index contributed by atoms with van der Waals surface area (Å²) < 4.78 is 2.53. The molecule has 0 radical (unpaired) electrons. The lowest BCUT2D eigenvalue weighted by Gasteiger charge is -2.31. The van der Waals surface area contributed by atoms with Gasteiger partial charge in [0.05, 0.1) is 0 Å². The molecule has 0 bridgehead atoms. The lowest BCUT2D eigenvalue weighted by molar-refractivity contribution is 0.346. The van der Waals surface area contributed by atoms with Crippen LogP contribution in [-0.2, 0) is 0 Å². The van der Waals surface area contributed by atoms with Crippen LogP contribution in [0.2, 0.25) is 0 Å². The molecule has 0 unspecified atom stereocenters. The maximum absolute atomic E-state index is 2.53. The number of aryl methyl sites for hydroxylation is 2. The molecule has 3 aromatic rings. The Balaban J connectivity index is 1.40. The van der Waals surface area contributed by atoms with E-state index in [2.05, 4.69) is 91.8 Å². The average molecular weight is 388 g/mol. The molecule has 1 fully saturated rings. The molecule has 2 heteroatoms. The van der Waals surface area contributed by atoms with Crippen molar-refractivity contribution in [3.05, 3.63) is 89.0 Å². The van der Waals surface area contributed by atoms with Gasteiger partial charge in [-0.1, -0.05) is 60.7 Å². The molecule has 0 aliphatic carbocycles. The summed E-state index contributed by atoms with van der Waals surface area (Å²) in [6.07, 6.45) is 2.48. The van der Waals surface area contributed by atoms with Gasteiger partial charge in [-0.25, -0.2) is 4.31 Å². The topological polar surface area (TPSA) is 3.24 Å². The van der Waals surface area contributed by atoms with Crippen molar-refractivity contribution in [1.82, 2.24) is 4.31 Å². The monoisotopic (exact) mass is 387 g/mol. The van der Waals surface area contributed by atoms with Crippen molar-refractivity contribution in [1.29, 1.82) is 0 Å². The van der Waals surface area contributed by atoms with Crippen molar-refractivity contribution in [3.63, 3.8) is 0 Å². The smallest absolute Gasteiger partial charge is 0.0259 e. The average Bonchev–Trinajstić information content (AvgIpc) is 2.73. The van der Waals surface area contributed by atoms with Crippen LogP contribution in [0.4, 0.5) is 0 Å². The molecule has 28 heavy (non-hydrogen) atoms. The van der Waals surface area contributed by atoms with Crippen molar-refractivity contribution in [3.8, 4) is 11.1 Å². The quantitative estimate of drug-likeness (QED) is 0.437. The molecule has 1 nitrogen and oxygen atoms in total. The van der Waals surface area contributed by atoms with Crippen molar-refractivity contribution < 1.29 is 0 Å². The molecule has 0 atom stereocenters. The third-order valence-electron chi connectivity index (χ3n) is 6.07. The summed E-state index contributed by atoms with van der Waals surface area (Å²) in [5, 5.41) is 0. The second kappa shape index (κ2) is 8.55. The van der Waals surface area contributed by atoms with E-state index in [0.717, 1.165) is 13.1 Å². The minimum Gasteiger partial charge on any atom is -0.246 e. The fourth-order valence-electron chi connectivity index (χ4n) is 4.08. The van der Waals surface area contributed by atoms with Crippen LogP contribution in [0.5, 0.6) is 0 Å². The third-order valence-corrected chi connectivity index (χ3v) is 7.35. The van der Waals surface area contributed by atoms with Gasteiger partial charge in [0.25, 0.3) is 0 Å². The summed E-state index contributed by atoms with van der Waals surface area (Å²) in [6.45, 7) is 8.92. The zero-order chi connectivity index (χ0) is 19.5. The fourth-order valence-corrected chi connectivity index (χ4v) is 5.10.